The number of piperazine rings is 1. The van der Waals surface area contributed by atoms with E-state index in [9.17, 15) is 9.59 Å². The summed E-state index contributed by atoms with van der Waals surface area (Å²) in [5.41, 5.74) is 5.99. The number of halogens is 1. The van der Waals surface area contributed by atoms with Crippen LogP contribution in [0.3, 0.4) is 0 Å². The topological polar surface area (TPSA) is 85.1 Å². The molecule has 1 fully saturated rings. The van der Waals surface area contributed by atoms with Gasteiger partial charge in [0.15, 0.2) is 11.5 Å². The SMILES string of the molecule is CCC(CC)(CN)C(=O)N1CCN(C(=O)c2ccc3c(c2)OCO3)CC1.Cl. The molecule has 0 radical (unpaired) electrons. The Labute approximate surface area is 166 Å². The molecule has 2 amide bonds. The summed E-state index contributed by atoms with van der Waals surface area (Å²) in [5.74, 6) is 1.32. The summed E-state index contributed by atoms with van der Waals surface area (Å²) in [5, 5.41) is 0. The number of amides is 2. The monoisotopic (exact) mass is 397 g/mol. The van der Waals surface area contributed by atoms with Gasteiger partial charge < -0.3 is 25.0 Å². The number of rotatable bonds is 5. The zero-order chi connectivity index (χ0) is 18.7. The number of nitrogens with two attached hydrogens (primary N) is 1. The molecule has 2 aliphatic heterocycles. The fourth-order valence-electron chi connectivity index (χ4n) is 3.59. The summed E-state index contributed by atoms with van der Waals surface area (Å²) in [6.07, 6.45) is 1.46. The molecule has 0 saturated carbocycles. The molecule has 3 rings (SSSR count). The van der Waals surface area contributed by atoms with E-state index in [1.807, 2.05) is 18.7 Å². The predicted octanol–water partition coefficient (Wildman–Crippen LogP) is 1.89. The summed E-state index contributed by atoms with van der Waals surface area (Å²) in [6.45, 7) is 6.68. The molecular weight excluding hydrogens is 370 g/mol. The van der Waals surface area contributed by atoms with Crippen LogP contribution < -0.4 is 15.2 Å². The molecule has 0 aliphatic carbocycles. The van der Waals surface area contributed by atoms with Gasteiger partial charge in [0.25, 0.3) is 5.91 Å². The standard InChI is InChI=1S/C19H27N3O4.ClH/c1-3-19(4-2,12-20)18(24)22-9-7-21(8-10-22)17(23)14-5-6-15-16(11-14)26-13-25-15;/h5-6,11H,3-4,7-10,12-13,20H2,1-2H3;1H. The summed E-state index contributed by atoms with van der Waals surface area (Å²) >= 11 is 0. The molecule has 7 nitrogen and oxygen atoms in total. The molecule has 1 aromatic carbocycles. The van der Waals surface area contributed by atoms with E-state index in [-0.39, 0.29) is 31.0 Å². The Hall–Kier alpha value is -1.99. The summed E-state index contributed by atoms with van der Waals surface area (Å²) in [7, 11) is 0. The second-order valence-corrected chi connectivity index (χ2v) is 6.84. The minimum Gasteiger partial charge on any atom is -0.454 e. The van der Waals surface area contributed by atoms with E-state index in [4.69, 9.17) is 15.2 Å². The number of carbonyl (C=O) groups excluding carboxylic acids is 2. The molecule has 27 heavy (non-hydrogen) atoms. The van der Waals surface area contributed by atoms with E-state index in [1.54, 1.807) is 23.1 Å². The lowest BCUT2D eigenvalue weighted by atomic mass is 9.81. The molecule has 1 aromatic rings. The van der Waals surface area contributed by atoms with E-state index in [0.29, 0.717) is 49.8 Å². The molecule has 8 heteroatoms. The van der Waals surface area contributed by atoms with Crippen molar-refractivity contribution in [3.63, 3.8) is 0 Å². The summed E-state index contributed by atoms with van der Waals surface area (Å²) < 4.78 is 10.6. The lowest BCUT2D eigenvalue weighted by Crippen LogP contribution is -2.55. The van der Waals surface area contributed by atoms with Crippen molar-refractivity contribution < 1.29 is 19.1 Å². The molecule has 1 saturated heterocycles. The van der Waals surface area contributed by atoms with Crippen molar-refractivity contribution in [1.82, 2.24) is 9.80 Å². The fourth-order valence-corrected chi connectivity index (χ4v) is 3.59. The molecule has 0 bridgehead atoms. The highest BCUT2D eigenvalue weighted by Gasteiger charge is 2.38. The Morgan fingerprint density at radius 3 is 2.22 bits per heavy atom. The maximum atomic E-state index is 12.9. The van der Waals surface area contributed by atoms with Crippen molar-refractivity contribution in [2.75, 3.05) is 39.5 Å². The highest BCUT2D eigenvalue weighted by Crippen LogP contribution is 2.33. The van der Waals surface area contributed by atoms with Crippen molar-refractivity contribution >= 4 is 24.2 Å². The molecule has 2 heterocycles. The van der Waals surface area contributed by atoms with Gasteiger partial charge in [-0.3, -0.25) is 9.59 Å². The Balaban J connectivity index is 0.00000261. The first kappa shape index (κ1) is 21.3. The van der Waals surface area contributed by atoms with Crippen molar-refractivity contribution in [3.8, 4) is 11.5 Å². The van der Waals surface area contributed by atoms with Crippen LogP contribution in [-0.4, -0.2) is 61.1 Å². The fraction of sp³-hybridized carbons (Fsp3) is 0.579. The maximum Gasteiger partial charge on any atom is 0.254 e. The Bertz CT molecular complexity index is 677. The largest absolute Gasteiger partial charge is 0.454 e. The van der Waals surface area contributed by atoms with Crippen LogP contribution in [-0.2, 0) is 4.79 Å². The van der Waals surface area contributed by atoms with Gasteiger partial charge in [0.1, 0.15) is 0 Å². The molecule has 0 atom stereocenters. The van der Waals surface area contributed by atoms with E-state index in [1.165, 1.54) is 0 Å². The van der Waals surface area contributed by atoms with E-state index < -0.39 is 5.41 Å². The van der Waals surface area contributed by atoms with Gasteiger partial charge in [0, 0.05) is 38.3 Å². The van der Waals surface area contributed by atoms with Crippen molar-refractivity contribution in [2.24, 2.45) is 11.1 Å². The first-order valence-electron chi connectivity index (χ1n) is 9.23. The predicted molar refractivity (Wildman–Crippen MR) is 104 cm³/mol. The van der Waals surface area contributed by atoms with Crippen molar-refractivity contribution in [1.29, 1.82) is 0 Å². The Morgan fingerprint density at radius 2 is 1.63 bits per heavy atom. The van der Waals surface area contributed by atoms with Gasteiger partial charge in [0.05, 0.1) is 5.41 Å². The van der Waals surface area contributed by atoms with Crippen LogP contribution in [0.5, 0.6) is 11.5 Å². The van der Waals surface area contributed by atoms with Crippen LogP contribution in [0.25, 0.3) is 0 Å². The van der Waals surface area contributed by atoms with E-state index in [0.717, 1.165) is 12.8 Å². The number of benzene rings is 1. The zero-order valence-corrected chi connectivity index (χ0v) is 16.7. The maximum absolute atomic E-state index is 12.9. The third-order valence-corrected chi connectivity index (χ3v) is 5.67. The lowest BCUT2D eigenvalue weighted by molar-refractivity contribution is -0.143. The van der Waals surface area contributed by atoms with E-state index in [2.05, 4.69) is 0 Å². The Morgan fingerprint density at radius 1 is 1.04 bits per heavy atom. The molecule has 0 aromatic heterocycles. The number of nitrogens with zero attached hydrogens (tertiary/aromatic N) is 2. The molecular formula is C19H28ClN3O4. The summed E-state index contributed by atoms with van der Waals surface area (Å²) in [6, 6.07) is 5.23. The first-order valence-corrected chi connectivity index (χ1v) is 9.23. The molecule has 0 unspecified atom stereocenters. The smallest absolute Gasteiger partial charge is 0.254 e. The zero-order valence-electron chi connectivity index (χ0n) is 15.9. The van der Waals surface area contributed by atoms with Gasteiger partial charge in [-0.25, -0.2) is 0 Å². The van der Waals surface area contributed by atoms with Crippen LogP contribution in [0.4, 0.5) is 0 Å². The average molecular weight is 398 g/mol. The highest BCUT2D eigenvalue weighted by molar-refractivity contribution is 5.95. The average Bonchev–Trinajstić information content (AvgIpc) is 3.17. The first-order chi connectivity index (χ1) is 12.5. The molecule has 2 aliphatic rings. The molecule has 2 N–H and O–H groups in total. The van der Waals surface area contributed by atoms with Crippen LogP contribution in [0.2, 0.25) is 0 Å². The van der Waals surface area contributed by atoms with Crippen LogP contribution in [0, 0.1) is 5.41 Å². The molecule has 150 valence electrons. The van der Waals surface area contributed by atoms with Crippen molar-refractivity contribution in [3.05, 3.63) is 23.8 Å². The third-order valence-electron chi connectivity index (χ3n) is 5.67. The number of carbonyl (C=O) groups is 2. The number of ether oxygens (including phenoxy) is 2. The minimum atomic E-state index is -0.483. The summed E-state index contributed by atoms with van der Waals surface area (Å²) in [4.78, 5) is 29.3. The second kappa shape index (κ2) is 8.80. The number of hydrogen-bond donors (Lipinski definition) is 1. The Kier molecular flexibility index (Phi) is 6.95. The highest BCUT2D eigenvalue weighted by atomic mass is 35.5. The van der Waals surface area contributed by atoms with Crippen molar-refractivity contribution in [2.45, 2.75) is 26.7 Å². The normalized spacial score (nSPS) is 16.1. The third kappa shape index (κ3) is 3.99. The number of hydrogen-bond acceptors (Lipinski definition) is 5. The van der Waals surface area contributed by atoms with Gasteiger partial charge in [0.2, 0.25) is 12.7 Å². The van der Waals surface area contributed by atoms with E-state index >= 15 is 0 Å². The van der Waals surface area contributed by atoms with Gasteiger partial charge in [-0.05, 0) is 31.0 Å². The molecule has 0 spiro atoms. The van der Waals surface area contributed by atoms with Crippen LogP contribution in [0.15, 0.2) is 18.2 Å². The van der Waals surface area contributed by atoms with Crippen LogP contribution in [0.1, 0.15) is 37.0 Å². The van der Waals surface area contributed by atoms with Gasteiger partial charge in [-0.1, -0.05) is 13.8 Å². The van der Waals surface area contributed by atoms with Gasteiger partial charge in [-0.15, -0.1) is 12.4 Å². The van der Waals surface area contributed by atoms with Crippen LogP contribution >= 0.6 is 12.4 Å². The second-order valence-electron chi connectivity index (χ2n) is 6.84. The quantitative estimate of drug-likeness (QED) is 0.820. The lowest BCUT2D eigenvalue weighted by Gasteiger charge is -2.40. The number of fused-ring (bicyclic) bond motifs is 1. The van der Waals surface area contributed by atoms with Gasteiger partial charge in [-0.2, -0.15) is 0 Å². The van der Waals surface area contributed by atoms with Gasteiger partial charge >= 0.3 is 0 Å². The minimum absolute atomic E-state index is 0.